The van der Waals surface area contributed by atoms with Crippen molar-refractivity contribution in [3.8, 4) is 0 Å². The highest BCUT2D eigenvalue weighted by Crippen LogP contribution is 2.10. The van der Waals surface area contributed by atoms with Gasteiger partial charge in [0.05, 0.1) is 0 Å². The quantitative estimate of drug-likeness (QED) is 0.583. The average Bonchev–Trinajstić information content (AvgIpc) is 2.09. The van der Waals surface area contributed by atoms with E-state index in [-0.39, 0.29) is 5.41 Å². The van der Waals surface area contributed by atoms with Gasteiger partial charge in [0.15, 0.2) is 0 Å². The summed E-state index contributed by atoms with van der Waals surface area (Å²) < 4.78 is 15.0. The lowest BCUT2D eigenvalue weighted by atomic mass is 10.4. The summed E-state index contributed by atoms with van der Waals surface area (Å²) in [5, 5.41) is -0.0579. The first-order valence-corrected chi connectivity index (χ1v) is 5.58. The zero-order chi connectivity index (χ0) is 9.61. The molecule has 72 valence electrons. The molecule has 0 aromatic carbocycles. The molecule has 0 saturated carbocycles. The Balaban J connectivity index is 4.36. The molecular formula is C7H16O4Si. The van der Waals surface area contributed by atoms with Gasteiger partial charge in [0.2, 0.25) is 5.41 Å². The van der Waals surface area contributed by atoms with E-state index in [1.165, 1.54) is 21.3 Å². The monoisotopic (exact) mass is 192 g/mol. The molecule has 4 nitrogen and oxygen atoms in total. The van der Waals surface area contributed by atoms with Gasteiger partial charge in [0.1, 0.15) is 0 Å². The molecule has 0 bridgehead atoms. The van der Waals surface area contributed by atoms with Crippen LogP contribution in [0.25, 0.3) is 0 Å². The molecule has 0 atom stereocenters. The summed E-state index contributed by atoms with van der Waals surface area (Å²) in [6.45, 7) is 1.93. The Morgan fingerprint density at radius 3 is 1.83 bits per heavy atom. The van der Waals surface area contributed by atoms with Gasteiger partial charge in [-0.05, 0) is 6.42 Å². The molecule has 0 spiro atoms. The Morgan fingerprint density at radius 2 is 1.58 bits per heavy atom. The largest absolute Gasteiger partial charge is 0.573 e. The van der Waals surface area contributed by atoms with Gasteiger partial charge in [-0.2, -0.15) is 0 Å². The molecule has 0 unspecified atom stereocenters. The highest BCUT2D eigenvalue weighted by Gasteiger charge is 2.46. The van der Waals surface area contributed by atoms with Crippen LogP contribution in [0.4, 0.5) is 0 Å². The van der Waals surface area contributed by atoms with Crippen molar-refractivity contribution >= 4 is 14.2 Å². The second-order valence-electron chi connectivity index (χ2n) is 2.34. The van der Waals surface area contributed by atoms with E-state index in [2.05, 4.69) is 0 Å². The van der Waals surface area contributed by atoms with Crippen LogP contribution in [0.15, 0.2) is 0 Å². The van der Waals surface area contributed by atoms with Crippen LogP contribution in [-0.4, -0.2) is 35.5 Å². The predicted molar refractivity (Wildman–Crippen MR) is 46.7 cm³/mol. The zero-order valence-electron chi connectivity index (χ0n) is 8.05. The number of carbonyl (C=O) groups is 1. The molecule has 0 N–H and O–H groups in total. The first-order chi connectivity index (χ1) is 5.66. The molecule has 5 heteroatoms. The van der Waals surface area contributed by atoms with E-state index < -0.39 is 8.80 Å². The summed E-state index contributed by atoms with van der Waals surface area (Å²) >= 11 is 0. The normalized spacial score (nSPS) is 11.7. The van der Waals surface area contributed by atoms with Crippen molar-refractivity contribution in [2.45, 2.75) is 19.8 Å². The van der Waals surface area contributed by atoms with Crippen LogP contribution in [0.1, 0.15) is 19.8 Å². The van der Waals surface area contributed by atoms with Gasteiger partial charge in [0, 0.05) is 27.8 Å². The molecular weight excluding hydrogens is 176 g/mol. The highest BCUT2D eigenvalue weighted by atomic mass is 28.4. The van der Waals surface area contributed by atoms with Crippen molar-refractivity contribution in [3.63, 3.8) is 0 Å². The van der Waals surface area contributed by atoms with E-state index in [4.69, 9.17) is 13.3 Å². The maximum absolute atomic E-state index is 11.4. The summed E-state index contributed by atoms with van der Waals surface area (Å²) in [6.07, 6.45) is 1.23. The van der Waals surface area contributed by atoms with Crippen LogP contribution in [0.3, 0.4) is 0 Å². The summed E-state index contributed by atoms with van der Waals surface area (Å²) in [4.78, 5) is 11.4. The van der Waals surface area contributed by atoms with Crippen molar-refractivity contribution < 1.29 is 18.1 Å². The molecule has 0 saturated heterocycles. The Kier molecular flexibility index (Phi) is 5.31. The van der Waals surface area contributed by atoms with E-state index in [0.717, 1.165) is 6.42 Å². The minimum absolute atomic E-state index is 0.0579. The van der Waals surface area contributed by atoms with Crippen molar-refractivity contribution in [1.82, 2.24) is 0 Å². The molecule has 0 aromatic heterocycles. The van der Waals surface area contributed by atoms with Crippen LogP contribution >= 0.6 is 0 Å². The Hall–Kier alpha value is -0.233. The average molecular weight is 192 g/mol. The Labute approximate surface area is 74.2 Å². The topological polar surface area (TPSA) is 44.8 Å². The van der Waals surface area contributed by atoms with E-state index in [0.29, 0.717) is 6.42 Å². The molecule has 0 amide bonds. The van der Waals surface area contributed by atoms with Crippen molar-refractivity contribution in [2.24, 2.45) is 0 Å². The second kappa shape index (κ2) is 5.42. The van der Waals surface area contributed by atoms with E-state index in [1.54, 1.807) is 0 Å². The lowest BCUT2D eigenvalue weighted by Crippen LogP contribution is -2.51. The van der Waals surface area contributed by atoms with Crippen LogP contribution < -0.4 is 0 Å². The van der Waals surface area contributed by atoms with Gasteiger partial charge >= 0.3 is 8.80 Å². The minimum atomic E-state index is -2.98. The van der Waals surface area contributed by atoms with Gasteiger partial charge in [-0.25, -0.2) is 0 Å². The smallest absolute Gasteiger partial charge is 0.372 e. The standard InChI is InChI=1S/C7H16O4Si/c1-5-6-7(8)12(9-2,10-3)11-4/h5-6H2,1-4H3. The Bertz CT molecular complexity index is 136. The van der Waals surface area contributed by atoms with Crippen LogP contribution in [0.2, 0.25) is 0 Å². The third kappa shape index (κ3) is 2.38. The van der Waals surface area contributed by atoms with Crippen LogP contribution in [0.5, 0.6) is 0 Å². The van der Waals surface area contributed by atoms with Gasteiger partial charge in [0.25, 0.3) is 0 Å². The molecule has 0 rings (SSSR count). The number of rotatable bonds is 6. The van der Waals surface area contributed by atoms with Crippen molar-refractivity contribution in [3.05, 3.63) is 0 Å². The molecule has 0 fully saturated rings. The number of hydrogen-bond acceptors (Lipinski definition) is 4. The second-order valence-corrected chi connectivity index (χ2v) is 5.24. The highest BCUT2D eigenvalue weighted by molar-refractivity contribution is 6.92. The van der Waals surface area contributed by atoms with E-state index in [9.17, 15) is 4.79 Å². The zero-order valence-corrected chi connectivity index (χ0v) is 9.05. The fourth-order valence-electron chi connectivity index (χ4n) is 0.972. The van der Waals surface area contributed by atoms with E-state index >= 15 is 0 Å². The molecule has 12 heavy (non-hydrogen) atoms. The Morgan fingerprint density at radius 1 is 1.17 bits per heavy atom. The summed E-state index contributed by atoms with van der Waals surface area (Å²) in [5.74, 6) is 0. The van der Waals surface area contributed by atoms with Crippen LogP contribution in [-0.2, 0) is 18.1 Å². The molecule has 0 aliphatic carbocycles. The fourth-order valence-corrected chi connectivity index (χ4v) is 2.71. The van der Waals surface area contributed by atoms with Gasteiger partial charge in [-0.3, -0.25) is 4.79 Å². The maximum Gasteiger partial charge on any atom is 0.573 e. The maximum atomic E-state index is 11.4. The summed E-state index contributed by atoms with van der Waals surface area (Å²) in [7, 11) is 1.33. The van der Waals surface area contributed by atoms with Gasteiger partial charge in [-0.15, -0.1) is 0 Å². The predicted octanol–water partition coefficient (Wildman–Crippen LogP) is 0.773. The minimum Gasteiger partial charge on any atom is -0.372 e. The van der Waals surface area contributed by atoms with Crippen molar-refractivity contribution in [1.29, 1.82) is 0 Å². The summed E-state index contributed by atoms with van der Waals surface area (Å²) in [6, 6.07) is 0. The third-order valence-electron chi connectivity index (χ3n) is 1.62. The first-order valence-electron chi connectivity index (χ1n) is 3.85. The number of hydrogen-bond donors (Lipinski definition) is 0. The molecule has 0 aromatic rings. The van der Waals surface area contributed by atoms with Crippen molar-refractivity contribution in [2.75, 3.05) is 21.3 Å². The fraction of sp³-hybridized carbons (Fsp3) is 0.857. The SMILES string of the molecule is CCCC(=O)[Si](OC)(OC)OC. The summed E-state index contributed by atoms with van der Waals surface area (Å²) in [5.41, 5.74) is 0. The molecule has 0 aliphatic heterocycles. The molecule has 0 radical (unpaired) electrons. The van der Waals surface area contributed by atoms with Gasteiger partial charge in [-0.1, -0.05) is 6.92 Å². The first kappa shape index (κ1) is 11.8. The van der Waals surface area contributed by atoms with Gasteiger partial charge < -0.3 is 13.3 Å². The number of carbonyl (C=O) groups excluding carboxylic acids is 1. The van der Waals surface area contributed by atoms with Crippen LogP contribution in [0, 0.1) is 0 Å². The lowest BCUT2D eigenvalue weighted by Gasteiger charge is -2.22. The molecule has 0 aliphatic rings. The third-order valence-corrected chi connectivity index (χ3v) is 4.17. The molecule has 0 heterocycles. The van der Waals surface area contributed by atoms with E-state index in [1.807, 2.05) is 6.92 Å². The lowest BCUT2D eigenvalue weighted by molar-refractivity contribution is -0.118.